The second-order valence-electron chi connectivity index (χ2n) is 4.02. The third-order valence-electron chi connectivity index (χ3n) is 2.74. The van der Waals surface area contributed by atoms with Gasteiger partial charge in [-0.25, -0.2) is 4.99 Å². The molecule has 1 aliphatic rings. The Morgan fingerprint density at radius 2 is 1.50 bits per heavy atom. The number of ether oxygens (including phenoxy) is 1. The van der Waals surface area contributed by atoms with E-state index in [0.29, 0.717) is 0 Å². The van der Waals surface area contributed by atoms with Crippen LogP contribution in [0.4, 0.5) is 26.3 Å². The first kappa shape index (κ1) is 14.6. The van der Waals surface area contributed by atoms with Crippen LogP contribution in [0, 0.1) is 0 Å². The Hall–Kier alpha value is -1.77. The maximum absolute atomic E-state index is 12.8. The largest absolute Gasteiger partial charge is 0.444 e. The summed E-state index contributed by atoms with van der Waals surface area (Å²) in [5.74, 6) is -0.909. The maximum Gasteiger partial charge on any atom is 0.429 e. The van der Waals surface area contributed by atoms with E-state index >= 15 is 0 Å². The highest BCUT2D eigenvalue weighted by molar-refractivity contribution is 5.95. The summed E-state index contributed by atoms with van der Waals surface area (Å²) in [6.45, 7) is 0. The van der Waals surface area contributed by atoms with E-state index in [0.717, 1.165) is 0 Å². The molecule has 1 N–H and O–H groups in total. The van der Waals surface area contributed by atoms with Crippen LogP contribution in [0.5, 0.6) is 0 Å². The zero-order valence-electron chi connectivity index (χ0n) is 9.53. The zero-order valence-corrected chi connectivity index (χ0v) is 9.53. The van der Waals surface area contributed by atoms with Crippen molar-refractivity contribution < 1.29 is 36.2 Å². The number of hydrogen-bond acceptors (Lipinski definition) is 3. The molecule has 20 heavy (non-hydrogen) atoms. The Labute approximate surface area is 108 Å². The fourth-order valence-electron chi connectivity index (χ4n) is 1.71. The number of aliphatic hydroxyl groups is 1. The van der Waals surface area contributed by atoms with E-state index in [1.807, 2.05) is 0 Å². The minimum Gasteiger partial charge on any atom is -0.444 e. The molecule has 2 rings (SSSR count). The van der Waals surface area contributed by atoms with Crippen molar-refractivity contribution in [2.45, 2.75) is 24.2 Å². The quantitative estimate of drug-likeness (QED) is 0.810. The highest BCUT2D eigenvalue weighted by Gasteiger charge is 2.79. The smallest absolute Gasteiger partial charge is 0.429 e. The van der Waals surface area contributed by atoms with Gasteiger partial charge >= 0.3 is 17.9 Å². The van der Waals surface area contributed by atoms with Crippen molar-refractivity contribution in [3.05, 3.63) is 35.9 Å². The molecule has 0 radical (unpaired) electrons. The average molecular weight is 299 g/mol. The molecule has 0 aromatic heterocycles. The molecular weight excluding hydrogens is 292 g/mol. The first-order chi connectivity index (χ1) is 9.09. The van der Waals surface area contributed by atoms with Gasteiger partial charge in [-0.1, -0.05) is 18.2 Å². The predicted molar refractivity (Wildman–Crippen MR) is 54.9 cm³/mol. The van der Waals surface area contributed by atoms with Crippen molar-refractivity contribution >= 4 is 5.90 Å². The molecule has 1 aromatic rings. The van der Waals surface area contributed by atoms with Crippen LogP contribution in [0.3, 0.4) is 0 Å². The van der Waals surface area contributed by atoms with Crippen molar-refractivity contribution in [1.29, 1.82) is 0 Å². The van der Waals surface area contributed by atoms with Crippen molar-refractivity contribution in [3.63, 3.8) is 0 Å². The van der Waals surface area contributed by atoms with E-state index in [1.165, 1.54) is 30.3 Å². The van der Waals surface area contributed by atoms with Gasteiger partial charge in [-0.2, -0.15) is 26.3 Å². The monoisotopic (exact) mass is 299 g/mol. The van der Waals surface area contributed by atoms with Crippen LogP contribution in [0.25, 0.3) is 0 Å². The summed E-state index contributed by atoms with van der Waals surface area (Å²) in [5, 5.41) is 9.17. The molecule has 0 bridgehead atoms. The van der Waals surface area contributed by atoms with Crippen molar-refractivity contribution in [3.8, 4) is 0 Å². The van der Waals surface area contributed by atoms with E-state index < -0.39 is 30.1 Å². The molecule has 1 aromatic carbocycles. The molecule has 0 amide bonds. The Morgan fingerprint density at radius 3 is 1.90 bits per heavy atom. The minimum absolute atomic E-state index is 0.0954. The first-order valence-electron chi connectivity index (χ1n) is 5.23. The Kier molecular flexibility index (Phi) is 3.20. The lowest BCUT2D eigenvalue weighted by Crippen LogP contribution is -2.61. The predicted octanol–water partition coefficient (Wildman–Crippen LogP) is 2.65. The third-order valence-corrected chi connectivity index (χ3v) is 2.74. The lowest BCUT2D eigenvalue weighted by atomic mass is 9.99. The summed E-state index contributed by atoms with van der Waals surface area (Å²) < 4.78 is 81.0. The number of hydrogen-bond donors (Lipinski definition) is 1. The number of benzene rings is 1. The van der Waals surface area contributed by atoms with Gasteiger partial charge in [0.05, 0.1) is 0 Å². The summed E-state index contributed by atoms with van der Waals surface area (Å²) in [5.41, 5.74) is -4.77. The summed E-state index contributed by atoms with van der Waals surface area (Å²) >= 11 is 0. The van der Waals surface area contributed by atoms with Crippen LogP contribution in [-0.4, -0.2) is 35.2 Å². The summed E-state index contributed by atoms with van der Waals surface area (Å²) in [6.07, 6.45) is -14.9. The molecular formula is C11H7F6NO2. The van der Waals surface area contributed by atoms with Gasteiger partial charge in [0.15, 0.2) is 0 Å². The molecule has 1 aliphatic heterocycles. The van der Waals surface area contributed by atoms with E-state index in [4.69, 9.17) is 5.11 Å². The van der Waals surface area contributed by atoms with Crippen LogP contribution in [0.2, 0.25) is 0 Å². The number of nitrogens with zero attached hydrogens (tertiary/aromatic N) is 1. The molecule has 1 unspecified atom stereocenters. The SMILES string of the molecule is OC1OC(c2ccccc2)=NC1(C(F)(F)F)C(F)(F)F. The summed E-state index contributed by atoms with van der Waals surface area (Å²) in [6, 6.07) is 6.71. The molecule has 0 saturated heterocycles. The van der Waals surface area contributed by atoms with Crippen LogP contribution in [0.1, 0.15) is 5.56 Å². The second kappa shape index (κ2) is 4.37. The van der Waals surface area contributed by atoms with Gasteiger partial charge in [0.2, 0.25) is 12.2 Å². The van der Waals surface area contributed by atoms with Gasteiger partial charge in [0, 0.05) is 5.56 Å². The minimum atomic E-state index is -5.85. The Bertz CT molecular complexity index is 508. The van der Waals surface area contributed by atoms with Gasteiger partial charge in [-0.05, 0) is 12.1 Å². The van der Waals surface area contributed by atoms with Crippen LogP contribution >= 0.6 is 0 Å². The third kappa shape index (κ3) is 2.01. The van der Waals surface area contributed by atoms with E-state index in [-0.39, 0.29) is 5.56 Å². The van der Waals surface area contributed by atoms with Crippen LogP contribution in [-0.2, 0) is 4.74 Å². The first-order valence-corrected chi connectivity index (χ1v) is 5.23. The van der Waals surface area contributed by atoms with Crippen molar-refractivity contribution in [2.75, 3.05) is 0 Å². The molecule has 0 saturated carbocycles. The molecule has 1 atom stereocenters. The lowest BCUT2D eigenvalue weighted by Gasteiger charge is -2.31. The fraction of sp³-hybridized carbons (Fsp3) is 0.364. The molecule has 0 fully saturated rings. The fourth-order valence-corrected chi connectivity index (χ4v) is 1.71. The van der Waals surface area contributed by atoms with E-state index in [9.17, 15) is 26.3 Å². The van der Waals surface area contributed by atoms with Crippen LogP contribution < -0.4 is 0 Å². The molecule has 110 valence electrons. The van der Waals surface area contributed by atoms with Gasteiger partial charge in [-0.3, -0.25) is 0 Å². The molecule has 3 nitrogen and oxygen atoms in total. The van der Waals surface area contributed by atoms with E-state index in [2.05, 4.69) is 9.73 Å². The number of aliphatic hydroxyl groups excluding tert-OH is 1. The average Bonchev–Trinajstić information content (AvgIpc) is 2.68. The molecule has 0 spiro atoms. The number of halogens is 6. The number of aliphatic imine (C=N–C) groups is 1. The number of rotatable bonds is 1. The van der Waals surface area contributed by atoms with Gasteiger partial charge < -0.3 is 9.84 Å². The highest BCUT2D eigenvalue weighted by atomic mass is 19.4. The Morgan fingerprint density at radius 1 is 1.00 bits per heavy atom. The standard InChI is InChI=1S/C11H7F6NO2/c12-10(13,14)9(11(15,16)17)8(19)20-7(18-9)6-4-2-1-3-5-6/h1-5,8,19H. The number of alkyl halides is 6. The molecule has 0 aliphatic carbocycles. The second-order valence-corrected chi connectivity index (χ2v) is 4.02. The molecule has 1 heterocycles. The topological polar surface area (TPSA) is 41.8 Å². The molecule has 9 heteroatoms. The summed E-state index contributed by atoms with van der Waals surface area (Å²) in [4.78, 5) is 2.61. The van der Waals surface area contributed by atoms with E-state index in [1.54, 1.807) is 0 Å². The van der Waals surface area contributed by atoms with Gasteiger partial charge in [0.25, 0.3) is 0 Å². The highest BCUT2D eigenvalue weighted by Crippen LogP contribution is 2.51. The summed E-state index contributed by atoms with van der Waals surface area (Å²) in [7, 11) is 0. The lowest BCUT2D eigenvalue weighted by molar-refractivity contribution is -0.333. The van der Waals surface area contributed by atoms with Crippen molar-refractivity contribution in [1.82, 2.24) is 0 Å². The Balaban J connectivity index is 2.57. The normalized spacial score (nSPS) is 22.4. The van der Waals surface area contributed by atoms with Gasteiger partial charge in [-0.15, -0.1) is 0 Å². The van der Waals surface area contributed by atoms with Gasteiger partial charge in [0.1, 0.15) is 0 Å². The maximum atomic E-state index is 12.8. The van der Waals surface area contributed by atoms with Crippen LogP contribution in [0.15, 0.2) is 35.3 Å². The van der Waals surface area contributed by atoms with Crippen molar-refractivity contribution in [2.24, 2.45) is 4.99 Å². The zero-order chi connectivity index (χ0) is 15.2.